The summed E-state index contributed by atoms with van der Waals surface area (Å²) in [6.07, 6.45) is 0. The maximum absolute atomic E-state index is 13.6. The minimum Gasteiger partial charge on any atom is -0.497 e. The van der Waals surface area contributed by atoms with Gasteiger partial charge in [0, 0.05) is 11.8 Å². The zero-order valence-corrected chi connectivity index (χ0v) is 18.5. The molecule has 160 valence electrons. The lowest BCUT2D eigenvalue weighted by atomic mass is 10.1. The Bertz CT molecular complexity index is 886. The van der Waals surface area contributed by atoms with E-state index in [1.54, 1.807) is 42.0 Å². The van der Waals surface area contributed by atoms with E-state index in [-0.39, 0.29) is 23.2 Å². The molecule has 3 rings (SSSR count). The highest BCUT2D eigenvalue weighted by Crippen LogP contribution is 2.43. The Kier molecular flexibility index (Phi) is 7.26. The first-order valence-electron chi connectivity index (χ1n) is 9.84. The number of carbonyl (C=O) groups excluding carboxylic acids is 2. The minimum absolute atomic E-state index is 0.221. The van der Waals surface area contributed by atoms with Gasteiger partial charge in [0.25, 0.3) is 5.91 Å². The van der Waals surface area contributed by atoms with Crippen LogP contribution in [0.5, 0.6) is 11.5 Å². The molecule has 0 bridgehead atoms. The molecule has 2 aromatic rings. The van der Waals surface area contributed by atoms with Gasteiger partial charge in [0.05, 0.1) is 26.4 Å². The molecule has 0 aliphatic carbocycles. The van der Waals surface area contributed by atoms with E-state index in [2.05, 4.69) is 0 Å². The predicted octanol–water partition coefficient (Wildman–Crippen LogP) is 4.16. The second-order valence-corrected chi connectivity index (χ2v) is 8.53. The van der Waals surface area contributed by atoms with Crippen LogP contribution in [0.15, 0.2) is 48.5 Å². The molecule has 1 amide bonds. The largest absolute Gasteiger partial charge is 0.497 e. The van der Waals surface area contributed by atoms with Crippen molar-refractivity contribution in [2.45, 2.75) is 25.3 Å². The van der Waals surface area contributed by atoms with Crippen LogP contribution in [0, 0.1) is 5.92 Å². The van der Waals surface area contributed by atoms with E-state index in [0.717, 1.165) is 5.56 Å². The molecule has 0 aromatic heterocycles. The molecular weight excluding hydrogens is 402 g/mol. The number of hydrogen-bond acceptors (Lipinski definition) is 6. The molecule has 0 spiro atoms. The van der Waals surface area contributed by atoms with Crippen molar-refractivity contribution in [1.29, 1.82) is 0 Å². The van der Waals surface area contributed by atoms with E-state index < -0.39 is 6.04 Å². The second-order valence-electron chi connectivity index (χ2n) is 7.41. The number of carbonyl (C=O) groups is 2. The standard InChI is InChI=1S/C23H27NO5S/c1-15(2)13-29-23(26)19-14-30-22(16-8-6-5-7-9-16)24(19)21(25)18-11-10-17(27-3)12-20(18)28-4/h5-12,15,19,22H,13-14H2,1-4H3. The van der Waals surface area contributed by atoms with Crippen LogP contribution >= 0.6 is 11.8 Å². The second kappa shape index (κ2) is 9.89. The van der Waals surface area contributed by atoms with Crippen LogP contribution in [0.25, 0.3) is 0 Å². The summed E-state index contributed by atoms with van der Waals surface area (Å²) in [7, 11) is 3.06. The van der Waals surface area contributed by atoms with E-state index in [4.69, 9.17) is 14.2 Å². The predicted molar refractivity (Wildman–Crippen MR) is 117 cm³/mol. The number of thioether (sulfide) groups is 1. The molecule has 2 aromatic carbocycles. The molecule has 1 saturated heterocycles. The fraction of sp³-hybridized carbons (Fsp3) is 0.391. The van der Waals surface area contributed by atoms with E-state index >= 15 is 0 Å². The van der Waals surface area contributed by atoms with Gasteiger partial charge in [0.2, 0.25) is 0 Å². The number of methoxy groups -OCH3 is 2. The molecular formula is C23H27NO5S. The summed E-state index contributed by atoms with van der Waals surface area (Å²) in [6.45, 7) is 4.28. The smallest absolute Gasteiger partial charge is 0.329 e. The first-order chi connectivity index (χ1) is 14.5. The van der Waals surface area contributed by atoms with Gasteiger partial charge in [-0.15, -0.1) is 11.8 Å². The van der Waals surface area contributed by atoms with Gasteiger partial charge in [0.1, 0.15) is 22.9 Å². The van der Waals surface area contributed by atoms with Gasteiger partial charge in [-0.1, -0.05) is 44.2 Å². The Morgan fingerprint density at radius 2 is 1.83 bits per heavy atom. The summed E-state index contributed by atoms with van der Waals surface area (Å²) < 4.78 is 16.2. The van der Waals surface area contributed by atoms with Gasteiger partial charge in [0.15, 0.2) is 0 Å². The van der Waals surface area contributed by atoms with Crippen molar-refractivity contribution in [2.75, 3.05) is 26.6 Å². The number of hydrogen-bond donors (Lipinski definition) is 0. The summed E-state index contributed by atoms with van der Waals surface area (Å²) in [4.78, 5) is 28.1. The number of ether oxygens (including phenoxy) is 3. The zero-order chi connectivity index (χ0) is 21.7. The van der Waals surface area contributed by atoms with Crippen molar-refractivity contribution in [3.05, 3.63) is 59.7 Å². The lowest BCUT2D eigenvalue weighted by Gasteiger charge is -2.29. The number of rotatable bonds is 7. The van der Waals surface area contributed by atoms with Crippen molar-refractivity contribution in [3.63, 3.8) is 0 Å². The lowest BCUT2D eigenvalue weighted by molar-refractivity contribution is -0.149. The van der Waals surface area contributed by atoms with E-state index in [1.165, 1.54) is 7.11 Å². The number of nitrogens with zero attached hydrogens (tertiary/aromatic N) is 1. The van der Waals surface area contributed by atoms with Crippen molar-refractivity contribution >= 4 is 23.6 Å². The molecule has 2 unspecified atom stereocenters. The van der Waals surface area contributed by atoms with Crippen LogP contribution in [0.2, 0.25) is 0 Å². The maximum atomic E-state index is 13.6. The van der Waals surface area contributed by atoms with Crippen LogP contribution in [-0.4, -0.2) is 49.4 Å². The fourth-order valence-corrected chi connectivity index (χ4v) is 4.68. The molecule has 0 saturated carbocycles. The Hall–Kier alpha value is -2.67. The topological polar surface area (TPSA) is 65.1 Å². The molecule has 1 aliphatic rings. The Morgan fingerprint density at radius 3 is 2.47 bits per heavy atom. The molecule has 1 heterocycles. The van der Waals surface area contributed by atoms with Gasteiger partial charge in [-0.25, -0.2) is 4.79 Å². The molecule has 6 nitrogen and oxygen atoms in total. The number of amides is 1. The average Bonchev–Trinajstić information content (AvgIpc) is 3.22. The third-order valence-corrected chi connectivity index (χ3v) is 6.11. The van der Waals surface area contributed by atoms with Crippen molar-refractivity contribution in [3.8, 4) is 11.5 Å². The van der Waals surface area contributed by atoms with Crippen LogP contribution in [-0.2, 0) is 9.53 Å². The third kappa shape index (κ3) is 4.73. The lowest BCUT2D eigenvalue weighted by Crippen LogP contribution is -2.44. The number of esters is 1. The van der Waals surface area contributed by atoms with Gasteiger partial charge >= 0.3 is 5.97 Å². The minimum atomic E-state index is -0.668. The summed E-state index contributed by atoms with van der Waals surface area (Å²) in [6, 6.07) is 14.1. The molecule has 1 aliphatic heterocycles. The first-order valence-corrected chi connectivity index (χ1v) is 10.9. The van der Waals surface area contributed by atoms with Crippen LogP contribution in [0.4, 0.5) is 0 Å². The first kappa shape index (κ1) is 22.0. The van der Waals surface area contributed by atoms with Gasteiger partial charge in [-0.2, -0.15) is 0 Å². The van der Waals surface area contributed by atoms with Crippen LogP contribution in [0.1, 0.15) is 35.1 Å². The molecule has 7 heteroatoms. The van der Waals surface area contributed by atoms with Gasteiger partial charge in [-0.05, 0) is 23.6 Å². The van der Waals surface area contributed by atoms with Gasteiger partial charge in [-0.3, -0.25) is 4.79 Å². The van der Waals surface area contributed by atoms with E-state index in [1.807, 2.05) is 44.2 Å². The van der Waals surface area contributed by atoms with Crippen molar-refractivity contribution in [1.82, 2.24) is 4.90 Å². The molecule has 0 N–H and O–H groups in total. The number of benzene rings is 2. The summed E-state index contributed by atoms with van der Waals surface area (Å²) in [5.41, 5.74) is 1.34. The summed E-state index contributed by atoms with van der Waals surface area (Å²) >= 11 is 1.56. The normalized spacial score (nSPS) is 18.4. The molecule has 0 radical (unpaired) electrons. The van der Waals surface area contributed by atoms with E-state index in [9.17, 15) is 9.59 Å². The highest BCUT2D eigenvalue weighted by atomic mass is 32.2. The Morgan fingerprint density at radius 1 is 1.10 bits per heavy atom. The highest BCUT2D eigenvalue weighted by Gasteiger charge is 2.44. The zero-order valence-electron chi connectivity index (χ0n) is 17.7. The van der Waals surface area contributed by atoms with Crippen LogP contribution in [0.3, 0.4) is 0 Å². The summed E-state index contributed by atoms with van der Waals surface area (Å²) in [5.74, 6) is 1.03. The quantitative estimate of drug-likeness (QED) is 0.616. The average molecular weight is 430 g/mol. The van der Waals surface area contributed by atoms with E-state index in [0.29, 0.717) is 29.4 Å². The van der Waals surface area contributed by atoms with Gasteiger partial charge < -0.3 is 19.1 Å². The fourth-order valence-electron chi connectivity index (χ4n) is 3.27. The molecule has 1 fully saturated rings. The Labute approximate surface area is 181 Å². The van der Waals surface area contributed by atoms with Crippen molar-refractivity contribution in [2.24, 2.45) is 5.92 Å². The highest BCUT2D eigenvalue weighted by molar-refractivity contribution is 7.99. The summed E-state index contributed by atoms with van der Waals surface area (Å²) in [5, 5.41) is -0.290. The Balaban J connectivity index is 1.97. The maximum Gasteiger partial charge on any atom is 0.329 e. The van der Waals surface area contributed by atoms with Crippen molar-refractivity contribution < 1.29 is 23.8 Å². The SMILES string of the molecule is COc1ccc(C(=O)N2C(C(=O)OCC(C)C)CSC2c2ccccc2)c(OC)c1. The molecule has 30 heavy (non-hydrogen) atoms. The molecule has 2 atom stereocenters. The third-order valence-electron chi connectivity index (χ3n) is 4.79. The van der Waals surface area contributed by atoms with Crippen LogP contribution < -0.4 is 9.47 Å². The monoisotopic (exact) mass is 429 g/mol.